The number of anilines is 1. The number of nitrogens with one attached hydrogen (secondary N) is 1. The Hall–Kier alpha value is -2.95. The summed E-state index contributed by atoms with van der Waals surface area (Å²) in [6.45, 7) is 4.20. The molecule has 1 amide bonds. The molecule has 0 atom stereocenters. The summed E-state index contributed by atoms with van der Waals surface area (Å²) in [6.07, 6.45) is 4.15. The number of hydrogen-bond donors (Lipinski definition) is 1. The second-order valence-electron chi connectivity index (χ2n) is 6.73. The van der Waals surface area contributed by atoms with E-state index in [1.807, 2.05) is 43.3 Å². The number of benzene rings is 2. The molecule has 3 rings (SSSR count). The third kappa shape index (κ3) is 5.51. The van der Waals surface area contributed by atoms with Crippen LogP contribution in [0.1, 0.15) is 43.2 Å². The fourth-order valence-electron chi connectivity index (χ4n) is 2.84. The molecular weight excluding hydrogens is 338 g/mol. The molecule has 3 aromatic rings. The summed E-state index contributed by atoms with van der Waals surface area (Å²) < 4.78 is 5.27. The molecule has 5 nitrogen and oxygen atoms in total. The molecule has 0 aliphatic heterocycles. The average molecular weight is 363 g/mol. The first kappa shape index (κ1) is 18.8. The highest BCUT2D eigenvalue weighted by Crippen LogP contribution is 2.18. The minimum absolute atomic E-state index is 0.0633. The number of rotatable bonds is 8. The van der Waals surface area contributed by atoms with E-state index in [1.165, 1.54) is 18.4 Å². The van der Waals surface area contributed by atoms with E-state index >= 15 is 0 Å². The van der Waals surface area contributed by atoms with Gasteiger partial charge in [-0.15, -0.1) is 0 Å². The third-order valence-electron chi connectivity index (χ3n) is 4.37. The van der Waals surface area contributed by atoms with E-state index in [9.17, 15) is 4.79 Å². The minimum atomic E-state index is -0.0633. The third-order valence-corrected chi connectivity index (χ3v) is 4.37. The average Bonchev–Trinajstić information content (AvgIpc) is 3.15. The first-order chi connectivity index (χ1) is 13.1. The van der Waals surface area contributed by atoms with Gasteiger partial charge in [0.15, 0.2) is 0 Å². The van der Waals surface area contributed by atoms with Gasteiger partial charge in [0.25, 0.3) is 0 Å². The molecule has 0 spiro atoms. The van der Waals surface area contributed by atoms with E-state index in [-0.39, 0.29) is 5.91 Å². The molecule has 0 saturated carbocycles. The van der Waals surface area contributed by atoms with Crippen LogP contribution in [0.25, 0.3) is 11.4 Å². The Bertz CT molecular complexity index is 885. The molecule has 0 aliphatic carbocycles. The largest absolute Gasteiger partial charge is 0.339 e. The number of nitrogens with zero attached hydrogens (tertiary/aromatic N) is 2. The zero-order valence-corrected chi connectivity index (χ0v) is 15.9. The lowest BCUT2D eigenvalue weighted by molar-refractivity contribution is -0.116. The number of hydrogen-bond acceptors (Lipinski definition) is 4. The quantitative estimate of drug-likeness (QED) is 0.614. The Kier molecular flexibility index (Phi) is 6.36. The predicted octanol–water partition coefficient (Wildman–Crippen LogP) is 4.96. The van der Waals surface area contributed by atoms with Gasteiger partial charge in [-0.3, -0.25) is 4.79 Å². The molecule has 0 saturated heterocycles. The molecule has 0 aliphatic rings. The van der Waals surface area contributed by atoms with Gasteiger partial charge in [0, 0.05) is 24.1 Å². The van der Waals surface area contributed by atoms with Crippen LogP contribution in [0.3, 0.4) is 0 Å². The van der Waals surface area contributed by atoms with Crippen LogP contribution in [-0.4, -0.2) is 16.0 Å². The lowest BCUT2D eigenvalue weighted by atomic mass is 10.1. The van der Waals surface area contributed by atoms with E-state index in [0.29, 0.717) is 24.6 Å². The van der Waals surface area contributed by atoms with Crippen LogP contribution >= 0.6 is 0 Å². The van der Waals surface area contributed by atoms with Crippen LogP contribution in [0.15, 0.2) is 53.1 Å². The highest BCUT2D eigenvalue weighted by Gasteiger charge is 2.11. The van der Waals surface area contributed by atoms with E-state index in [0.717, 1.165) is 23.2 Å². The number of amides is 1. The molecular formula is C22H25N3O2. The van der Waals surface area contributed by atoms with Crippen LogP contribution < -0.4 is 5.32 Å². The van der Waals surface area contributed by atoms with E-state index in [1.54, 1.807) is 0 Å². The van der Waals surface area contributed by atoms with Crippen molar-refractivity contribution in [1.82, 2.24) is 10.1 Å². The van der Waals surface area contributed by atoms with Gasteiger partial charge in [-0.2, -0.15) is 4.98 Å². The van der Waals surface area contributed by atoms with Gasteiger partial charge in [0.1, 0.15) is 0 Å². The van der Waals surface area contributed by atoms with Crippen LogP contribution in [0.2, 0.25) is 0 Å². The van der Waals surface area contributed by atoms with Crippen molar-refractivity contribution >= 4 is 11.6 Å². The van der Waals surface area contributed by atoms with Gasteiger partial charge in [-0.25, -0.2) is 0 Å². The van der Waals surface area contributed by atoms with Crippen molar-refractivity contribution in [1.29, 1.82) is 0 Å². The molecule has 27 heavy (non-hydrogen) atoms. The van der Waals surface area contributed by atoms with E-state index < -0.39 is 0 Å². The Balaban J connectivity index is 1.51. The van der Waals surface area contributed by atoms with Crippen LogP contribution in [0.5, 0.6) is 0 Å². The maximum Gasteiger partial charge on any atom is 0.227 e. The fraction of sp³-hybridized carbons (Fsp3) is 0.318. The number of aromatic nitrogens is 2. The molecule has 1 aromatic heterocycles. The zero-order chi connectivity index (χ0) is 19.1. The summed E-state index contributed by atoms with van der Waals surface area (Å²) in [6, 6.07) is 16.0. The number of aryl methyl sites for hydroxylation is 3. The van der Waals surface area contributed by atoms with E-state index in [2.05, 4.69) is 34.5 Å². The smallest absolute Gasteiger partial charge is 0.227 e. The molecule has 5 heteroatoms. The van der Waals surface area contributed by atoms with Crippen molar-refractivity contribution in [3.05, 3.63) is 65.5 Å². The summed E-state index contributed by atoms with van der Waals surface area (Å²) in [5.41, 5.74) is 4.16. The predicted molar refractivity (Wildman–Crippen MR) is 106 cm³/mol. The van der Waals surface area contributed by atoms with Gasteiger partial charge in [-0.1, -0.05) is 54.4 Å². The summed E-state index contributed by atoms with van der Waals surface area (Å²) in [7, 11) is 0. The van der Waals surface area contributed by atoms with Crippen LogP contribution in [0.4, 0.5) is 5.69 Å². The SMILES string of the molecule is CCCCc1ccc(NC(=O)CCc2nc(-c3cccc(C)c3)no2)cc1. The van der Waals surface area contributed by atoms with Gasteiger partial charge in [0.05, 0.1) is 0 Å². The first-order valence-electron chi connectivity index (χ1n) is 9.42. The molecule has 0 bridgehead atoms. The molecule has 1 N–H and O–H groups in total. The Morgan fingerprint density at radius 3 is 2.67 bits per heavy atom. The topological polar surface area (TPSA) is 68.0 Å². The van der Waals surface area contributed by atoms with Gasteiger partial charge < -0.3 is 9.84 Å². The lowest BCUT2D eigenvalue weighted by Crippen LogP contribution is -2.12. The molecule has 0 radical (unpaired) electrons. The summed E-state index contributed by atoms with van der Waals surface area (Å²) >= 11 is 0. The minimum Gasteiger partial charge on any atom is -0.339 e. The van der Waals surface area contributed by atoms with Crippen molar-refractivity contribution in [3.8, 4) is 11.4 Å². The van der Waals surface area contributed by atoms with Gasteiger partial charge in [0.2, 0.25) is 17.6 Å². The zero-order valence-electron chi connectivity index (χ0n) is 15.9. The molecule has 1 heterocycles. The highest BCUT2D eigenvalue weighted by molar-refractivity contribution is 5.90. The monoisotopic (exact) mass is 363 g/mol. The summed E-state index contributed by atoms with van der Waals surface area (Å²) in [5.74, 6) is 0.958. The van der Waals surface area contributed by atoms with Gasteiger partial charge >= 0.3 is 0 Å². The Labute approximate surface area is 159 Å². The summed E-state index contributed by atoms with van der Waals surface area (Å²) in [4.78, 5) is 16.5. The van der Waals surface area contributed by atoms with Crippen LogP contribution in [-0.2, 0) is 17.6 Å². The van der Waals surface area contributed by atoms with E-state index in [4.69, 9.17) is 4.52 Å². The molecule has 140 valence electrons. The highest BCUT2D eigenvalue weighted by atomic mass is 16.5. The molecule has 0 fully saturated rings. The Morgan fingerprint density at radius 1 is 1.11 bits per heavy atom. The standard InChI is InChI=1S/C22H25N3O2/c1-3-4-7-17-9-11-19(12-10-17)23-20(26)13-14-21-24-22(25-27-21)18-8-5-6-16(2)15-18/h5-6,8-12,15H,3-4,7,13-14H2,1-2H3,(H,23,26). The first-order valence-corrected chi connectivity index (χ1v) is 9.42. The number of unbranched alkanes of at least 4 members (excludes halogenated alkanes) is 1. The van der Waals surface area contributed by atoms with Crippen molar-refractivity contribution in [3.63, 3.8) is 0 Å². The second kappa shape index (κ2) is 9.12. The molecule has 0 unspecified atom stereocenters. The summed E-state index contributed by atoms with van der Waals surface area (Å²) in [5, 5.41) is 6.92. The van der Waals surface area contributed by atoms with Crippen LogP contribution in [0, 0.1) is 6.92 Å². The second-order valence-corrected chi connectivity index (χ2v) is 6.73. The Morgan fingerprint density at radius 2 is 1.93 bits per heavy atom. The van der Waals surface area contributed by atoms with Crippen molar-refractivity contribution in [2.45, 2.75) is 46.0 Å². The van der Waals surface area contributed by atoms with Crippen molar-refractivity contribution in [2.24, 2.45) is 0 Å². The maximum absolute atomic E-state index is 12.2. The van der Waals surface area contributed by atoms with Crippen molar-refractivity contribution < 1.29 is 9.32 Å². The number of carbonyl (C=O) groups excluding carboxylic acids is 1. The number of carbonyl (C=O) groups is 1. The normalized spacial score (nSPS) is 10.7. The molecule has 2 aromatic carbocycles. The fourth-order valence-corrected chi connectivity index (χ4v) is 2.84. The van der Waals surface area contributed by atoms with Gasteiger partial charge in [-0.05, 0) is 43.5 Å². The van der Waals surface area contributed by atoms with Crippen molar-refractivity contribution in [2.75, 3.05) is 5.32 Å². The maximum atomic E-state index is 12.2. The lowest BCUT2D eigenvalue weighted by Gasteiger charge is -2.06.